The molecule has 2 heteroatoms. The second kappa shape index (κ2) is 5.07. The Labute approximate surface area is 111 Å². The van der Waals surface area contributed by atoms with Crippen LogP contribution in [0.25, 0.3) is 0 Å². The number of rotatable bonds is 5. The van der Waals surface area contributed by atoms with E-state index in [0.29, 0.717) is 12.0 Å². The molecule has 2 saturated carbocycles. The molecule has 2 rings (SSSR count). The second-order valence-electron chi connectivity index (χ2n) is 6.34. The Balaban J connectivity index is 1.86. The van der Waals surface area contributed by atoms with E-state index < -0.39 is 0 Å². The predicted molar refractivity (Wildman–Crippen MR) is 73.1 cm³/mol. The summed E-state index contributed by atoms with van der Waals surface area (Å²) < 4.78 is 5.01. The highest BCUT2D eigenvalue weighted by Crippen LogP contribution is 2.70. The van der Waals surface area contributed by atoms with Crippen molar-refractivity contribution in [2.45, 2.75) is 53.4 Å². The highest BCUT2D eigenvalue weighted by atomic mass is 16.5. The molecule has 2 nitrogen and oxygen atoms in total. The Bertz CT molecular complexity index is 356. The molecule has 0 aromatic rings. The molecule has 0 bridgehead atoms. The Morgan fingerprint density at radius 3 is 2.72 bits per heavy atom. The lowest BCUT2D eigenvalue weighted by Crippen LogP contribution is -2.08. The van der Waals surface area contributed by atoms with Gasteiger partial charge >= 0.3 is 5.97 Å². The summed E-state index contributed by atoms with van der Waals surface area (Å²) >= 11 is 0. The van der Waals surface area contributed by atoms with Crippen molar-refractivity contribution in [2.24, 2.45) is 23.2 Å². The molecule has 0 aromatic carbocycles. The lowest BCUT2D eigenvalue weighted by molar-refractivity contribution is -0.138. The average Bonchev–Trinajstić information content (AvgIpc) is 2.97. The molecule has 18 heavy (non-hydrogen) atoms. The van der Waals surface area contributed by atoms with Crippen molar-refractivity contribution in [3.05, 3.63) is 11.6 Å². The number of allylic oxidation sites excluding steroid dienone is 1. The SMILES string of the molecule is CCOC(=O)C(C)=CCC1CCC2(C(C)C)CC12. The Hall–Kier alpha value is -0.790. The summed E-state index contributed by atoms with van der Waals surface area (Å²) in [5, 5.41) is 0. The summed E-state index contributed by atoms with van der Waals surface area (Å²) in [5.74, 6) is 2.39. The van der Waals surface area contributed by atoms with Gasteiger partial charge in [0.1, 0.15) is 0 Å². The van der Waals surface area contributed by atoms with Gasteiger partial charge in [0.25, 0.3) is 0 Å². The lowest BCUT2D eigenvalue weighted by atomic mass is 9.90. The minimum atomic E-state index is -0.151. The zero-order valence-corrected chi connectivity index (χ0v) is 12.2. The Kier molecular flexibility index (Phi) is 3.84. The number of esters is 1. The van der Waals surface area contributed by atoms with Gasteiger partial charge in [0.15, 0.2) is 0 Å². The van der Waals surface area contributed by atoms with Gasteiger partial charge in [-0.2, -0.15) is 0 Å². The third kappa shape index (κ3) is 2.34. The fraction of sp³-hybridized carbons (Fsp3) is 0.812. The minimum Gasteiger partial charge on any atom is -0.463 e. The normalized spacial score (nSPS) is 34.6. The average molecular weight is 250 g/mol. The van der Waals surface area contributed by atoms with Gasteiger partial charge in [-0.1, -0.05) is 19.9 Å². The minimum absolute atomic E-state index is 0.151. The summed E-state index contributed by atoms with van der Waals surface area (Å²) in [6, 6.07) is 0. The number of ether oxygens (including phenoxy) is 1. The molecule has 0 aromatic heterocycles. The summed E-state index contributed by atoms with van der Waals surface area (Å²) in [6.07, 6.45) is 7.31. The smallest absolute Gasteiger partial charge is 0.333 e. The summed E-state index contributed by atoms with van der Waals surface area (Å²) in [5.41, 5.74) is 1.44. The lowest BCUT2D eigenvalue weighted by Gasteiger charge is -2.15. The van der Waals surface area contributed by atoms with Crippen LogP contribution in [0.2, 0.25) is 0 Å². The Morgan fingerprint density at radius 1 is 1.50 bits per heavy atom. The van der Waals surface area contributed by atoms with Gasteiger partial charge < -0.3 is 4.74 Å². The molecule has 0 amide bonds. The van der Waals surface area contributed by atoms with E-state index in [4.69, 9.17) is 4.74 Å². The van der Waals surface area contributed by atoms with Crippen molar-refractivity contribution < 1.29 is 9.53 Å². The predicted octanol–water partition coefficient (Wildman–Crippen LogP) is 3.96. The van der Waals surface area contributed by atoms with E-state index in [9.17, 15) is 4.79 Å². The monoisotopic (exact) mass is 250 g/mol. The molecular formula is C16H26O2. The molecule has 0 heterocycles. The maximum absolute atomic E-state index is 11.5. The van der Waals surface area contributed by atoms with E-state index in [1.807, 2.05) is 13.8 Å². The van der Waals surface area contributed by atoms with Crippen LogP contribution >= 0.6 is 0 Å². The molecule has 2 aliphatic rings. The maximum atomic E-state index is 11.5. The summed E-state index contributed by atoms with van der Waals surface area (Å²) in [7, 11) is 0. The standard InChI is InChI=1S/C16H26O2/c1-5-18-15(17)12(4)6-7-13-8-9-16(11(2)3)10-14(13)16/h6,11,13-14H,5,7-10H2,1-4H3. The fourth-order valence-corrected chi connectivity index (χ4v) is 3.82. The molecule has 0 N–H and O–H groups in total. The number of hydrogen-bond donors (Lipinski definition) is 0. The quantitative estimate of drug-likeness (QED) is 0.545. The molecule has 0 spiro atoms. The van der Waals surface area contributed by atoms with Gasteiger partial charge in [-0.3, -0.25) is 0 Å². The number of hydrogen-bond acceptors (Lipinski definition) is 2. The molecule has 2 aliphatic carbocycles. The van der Waals surface area contributed by atoms with E-state index in [1.165, 1.54) is 19.3 Å². The number of carbonyl (C=O) groups excluding carboxylic acids is 1. The van der Waals surface area contributed by atoms with Crippen LogP contribution in [0.1, 0.15) is 53.4 Å². The summed E-state index contributed by atoms with van der Waals surface area (Å²) in [6.45, 7) is 8.91. The largest absolute Gasteiger partial charge is 0.463 e. The van der Waals surface area contributed by atoms with Crippen molar-refractivity contribution in [3.63, 3.8) is 0 Å². The van der Waals surface area contributed by atoms with E-state index in [-0.39, 0.29) is 5.97 Å². The highest BCUT2D eigenvalue weighted by molar-refractivity contribution is 5.87. The fourth-order valence-electron chi connectivity index (χ4n) is 3.82. The van der Waals surface area contributed by atoms with Crippen LogP contribution in [0.5, 0.6) is 0 Å². The van der Waals surface area contributed by atoms with Gasteiger partial charge in [-0.15, -0.1) is 0 Å². The van der Waals surface area contributed by atoms with Crippen LogP contribution in [-0.2, 0) is 9.53 Å². The molecule has 0 saturated heterocycles. The van der Waals surface area contributed by atoms with Crippen LogP contribution in [0.15, 0.2) is 11.6 Å². The first kappa shape index (κ1) is 13.6. The van der Waals surface area contributed by atoms with Crippen LogP contribution < -0.4 is 0 Å². The number of carbonyl (C=O) groups is 1. The van der Waals surface area contributed by atoms with Gasteiger partial charge in [0.2, 0.25) is 0 Å². The first-order valence-corrected chi connectivity index (χ1v) is 7.35. The first-order valence-electron chi connectivity index (χ1n) is 7.35. The Morgan fingerprint density at radius 2 is 2.22 bits per heavy atom. The maximum Gasteiger partial charge on any atom is 0.333 e. The zero-order chi connectivity index (χ0) is 13.3. The molecule has 0 aliphatic heterocycles. The molecule has 102 valence electrons. The molecule has 3 atom stereocenters. The van der Waals surface area contributed by atoms with Crippen molar-refractivity contribution in [3.8, 4) is 0 Å². The van der Waals surface area contributed by atoms with Gasteiger partial charge in [0, 0.05) is 5.57 Å². The summed E-state index contributed by atoms with van der Waals surface area (Å²) in [4.78, 5) is 11.5. The van der Waals surface area contributed by atoms with Crippen LogP contribution in [0, 0.1) is 23.2 Å². The van der Waals surface area contributed by atoms with Gasteiger partial charge in [-0.25, -0.2) is 4.79 Å². The molecule has 3 unspecified atom stereocenters. The van der Waals surface area contributed by atoms with Crippen molar-refractivity contribution in [1.29, 1.82) is 0 Å². The molecule has 2 fully saturated rings. The topological polar surface area (TPSA) is 26.3 Å². The first-order chi connectivity index (χ1) is 8.51. The van der Waals surface area contributed by atoms with Crippen molar-refractivity contribution >= 4 is 5.97 Å². The highest BCUT2D eigenvalue weighted by Gasteiger charge is 2.61. The van der Waals surface area contributed by atoms with E-state index in [2.05, 4.69) is 19.9 Å². The van der Waals surface area contributed by atoms with Gasteiger partial charge in [0.05, 0.1) is 6.61 Å². The second-order valence-corrected chi connectivity index (χ2v) is 6.34. The van der Waals surface area contributed by atoms with E-state index in [1.54, 1.807) is 0 Å². The van der Waals surface area contributed by atoms with E-state index >= 15 is 0 Å². The third-order valence-electron chi connectivity index (χ3n) is 5.20. The van der Waals surface area contributed by atoms with E-state index in [0.717, 1.165) is 29.7 Å². The molecular weight excluding hydrogens is 224 g/mol. The number of fused-ring (bicyclic) bond motifs is 1. The van der Waals surface area contributed by atoms with Gasteiger partial charge in [-0.05, 0) is 62.7 Å². The zero-order valence-electron chi connectivity index (χ0n) is 12.2. The molecule has 0 radical (unpaired) electrons. The van der Waals surface area contributed by atoms with Crippen LogP contribution in [0.3, 0.4) is 0 Å². The van der Waals surface area contributed by atoms with Crippen LogP contribution in [0.4, 0.5) is 0 Å². The third-order valence-corrected chi connectivity index (χ3v) is 5.20. The van der Waals surface area contributed by atoms with Crippen molar-refractivity contribution in [2.75, 3.05) is 6.61 Å². The van der Waals surface area contributed by atoms with Crippen molar-refractivity contribution in [1.82, 2.24) is 0 Å². The van der Waals surface area contributed by atoms with Crippen LogP contribution in [-0.4, -0.2) is 12.6 Å².